The quantitative estimate of drug-likeness (QED) is 0.118. The fraction of sp³-hybridized carbons (Fsp3) is 0.292. The smallest absolute Gasteiger partial charge is 0.0799 e. The van der Waals surface area contributed by atoms with E-state index in [0.717, 1.165) is 28.4 Å². The van der Waals surface area contributed by atoms with Gasteiger partial charge < -0.3 is 9.97 Å². The average molecular weight is 907 g/mol. The molecular weight excluding hydrogens is 857 g/mol. The zero-order valence-corrected chi connectivity index (χ0v) is 36.4. The molecule has 1 aliphatic carbocycles. The molecule has 4 aromatic carbocycles. The number of hydrogen-bond donors (Lipinski definition) is 0. The van der Waals surface area contributed by atoms with E-state index < -0.39 is 8.07 Å². The van der Waals surface area contributed by atoms with Gasteiger partial charge in [-0.2, -0.15) is 11.3 Å². The van der Waals surface area contributed by atoms with E-state index >= 15 is 0 Å². The normalized spacial score (nSPS) is 13.3. The number of aromatic nitrogens is 2. The fourth-order valence-corrected chi connectivity index (χ4v) is 10.8. The number of fused-ring (bicyclic) bond motifs is 3. The number of pyridine rings is 2. The van der Waals surface area contributed by atoms with E-state index in [-0.39, 0.29) is 20.1 Å². The molecule has 0 N–H and O–H groups in total. The Morgan fingerprint density at radius 2 is 1.57 bits per heavy atom. The van der Waals surface area contributed by atoms with Crippen LogP contribution in [-0.2, 0) is 26.5 Å². The summed E-state index contributed by atoms with van der Waals surface area (Å²) in [5, 5.41) is 4.10. The predicted octanol–water partition coefficient (Wildman–Crippen LogP) is 13.1. The zero-order chi connectivity index (χ0) is 36.4. The molecule has 0 aliphatic heterocycles. The molecule has 0 amide bonds. The maximum Gasteiger partial charge on any atom is 0.0799 e. The summed E-state index contributed by atoms with van der Waals surface area (Å²) in [7, 11) is -1.34. The molecule has 3 aromatic heterocycles. The molecule has 0 unspecified atom stereocenters. The van der Waals surface area contributed by atoms with Gasteiger partial charge in [-0.1, -0.05) is 118 Å². The molecule has 0 atom stereocenters. The minimum Gasteiger partial charge on any atom is -0.305 e. The average Bonchev–Trinajstić information content (AvgIpc) is 3.79. The van der Waals surface area contributed by atoms with Crippen molar-refractivity contribution in [2.24, 2.45) is 5.92 Å². The number of hydrogen-bond acceptors (Lipinski definition) is 3. The van der Waals surface area contributed by atoms with Crippen LogP contribution in [0.4, 0.5) is 0 Å². The first kappa shape index (κ1) is 39.0. The van der Waals surface area contributed by atoms with Crippen LogP contribution < -0.4 is 5.19 Å². The van der Waals surface area contributed by atoms with E-state index in [1.807, 2.05) is 35.7 Å². The van der Waals surface area contributed by atoms with Gasteiger partial charge in [0, 0.05) is 37.2 Å². The molecule has 2 nitrogen and oxygen atoms in total. The van der Waals surface area contributed by atoms with Crippen molar-refractivity contribution in [3.63, 3.8) is 0 Å². The molecule has 0 spiro atoms. The standard InChI is InChI=1S/C31H28NS.C17H22NSi.Ir/c1-20-7-5-8-21(2)30(20)24-13-14-25-26-11-6-12-27(31(26)33-29(25)19-24)28-18-23(15-16-32-28)17-22-9-3-4-10-22;1-13(2)15-11-16(14-9-7-6-8-10-14)18-12-17(15)19(3,4)5;/h5-8,11,13-16,18-19,22H,3-4,9-10,17H2,1-2H3;6-9,11-13H,1-5H3;/q2*-1;. The van der Waals surface area contributed by atoms with Gasteiger partial charge in [0.15, 0.2) is 0 Å². The van der Waals surface area contributed by atoms with Gasteiger partial charge >= 0.3 is 0 Å². The van der Waals surface area contributed by atoms with Crippen molar-refractivity contribution >= 4 is 44.8 Å². The van der Waals surface area contributed by atoms with Gasteiger partial charge in [0.25, 0.3) is 0 Å². The molecule has 0 bridgehead atoms. The van der Waals surface area contributed by atoms with Crippen LogP contribution >= 0.6 is 11.3 Å². The summed E-state index contributed by atoms with van der Waals surface area (Å²) in [6, 6.07) is 39.3. The minimum absolute atomic E-state index is 0. The van der Waals surface area contributed by atoms with Crippen molar-refractivity contribution in [2.45, 2.75) is 85.4 Å². The fourth-order valence-electron chi connectivity index (χ4n) is 7.92. The van der Waals surface area contributed by atoms with Crippen LogP contribution in [0.3, 0.4) is 0 Å². The summed E-state index contributed by atoms with van der Waals surface area (Å²) >= 11 is 1.87. The third-order valence-corrected chi connectivity index (χ3v) is 13.9. The molecule has 1 aliphatic rings. The first-order chi connectivity index (χ1) is 25.1. The van der Waals surface area contributed by atoms with Gasteiger partial charge in [-0.25, -0.2) is 0 Å². The summed E-state index contributed by atoms with van der Waals surface area (Å²) in [5.74, 6) is 1.37. The minimum atomic E-state index is -1.34. The number of nitrogens with zero attached hydrogens (tertiary/aromatic N) is 2. The Balaban J connectivity index is 0.000000206. The summed E-state index contributed by atoms with van der Waals surface area (Å²) in [6.07, 6.45) is 10.8. The summed E-state index contributed by atoms with van der Waals surface area (Å²) in [5.41, 5.74) is 12.5. The number of benzene rings is 4. The Bertz CT molecular complexity index is 2310. The Kier molecular flexibility index (Phi) is 12.3. The van der Waals surface area contributed by atoms with Crippen LogP contribution in [-0.4, -0.2) is 18.0 Å². The molecule has 7 aromatic rings. The van der Waals surface area contributed by atoms with Crippen molar-refractivity contribution < 1.29 is 20.1 Å². The van der Waals surface area contributed by atoms with Crippen LogP contribution in [0.1, 0.15) is 67.7 Å². The van der Waals surface area contributed by atoms with Gasteiger partial charge in [-0.15, -0.1) is 59.7 Å². The molecule has 1 fully saturated rings. The zero-order valence-electron chi connectivity index (χ0n) is 32.1. The molecule has 1 radical (unpaired) electrons. The third kappa shape index (κ3) is 8.65. The topological polar surface area (TPSA) is 25.8 Å². The van der Waals surface area contributed by atoms with Crippen molar-refractivity contribution in [3.8, 4) is 33.6 Å². The molecule has 8 rings (SSSR count). The van der Waals surface area contributed by atoms with E-state index in [4.69, 9.17) is 4.98 Å². The van der Waals surface area contributed by atoms with Crippen molar-refractivity contribution in [2.75, 3.05) is 0 Å². The second kappa shape index (κ2) is 16.7. The Morgan fingerprint density at radius 1 is 0.792 bits per heavy atom. The third-order valence-electron chi connectivity index (χ3n) is 10.6. The van der Waals surface area contributed by atoms with Crippen LogP contribution in [0, 0.1) is 31.9 Å². The second-order valence-corrected chi connectivity index (χ2v) is 22.0. The van der Waals surface area contributed by atoms with E-state index in [2.05, 4.69) is 143 Å². The Hall–Kier alpha value is -3.73. The van der Waals surface area contributed by atoms with Crippen LogP contribution in [0.15, 0.2) is 103 Å². The Morgan fingerprint density at radius 3 is 2.26 bits per heavy atom. The summed E-state index contributed by atoms with van der Waals surface area (Å²) in [6.45, 7) is 16.1. The predicted molar refractivity (Wildman–Crippen MR) is 228 cm³/mol. The first-order valence-electron chi connectivity index (χ1n) is 18.9. The number of rotatable bonds is 7. The molecule has 273 valence electrons. The first-order valence-corrected chi connectivity index (χ1v) is 23.2. The number of aryl methyl sites for hydroxylation is 2. The van der Waals surface area contributed by atoms with Gasteiger partial charge in [0.1, 0.15) is 0 Å². The molecule has 0 saturated heterocycles. The van der Waals surface area contributed by atoms with Gasteiger partial charge in [0.05, 0.1) is 8.07 Å². The monoisotopic (exact) mass is 907 g/mol. The number of thiophene rings is 1. The SMILES string of the molecule is CC(C)c1cc(-c2[c-]cccc2)ncc1[Si](C)(C)C.Cc1cccc(C)c1-c1ccc2c(c1)sc1c(-c3cc(CC4CCCC4)ccn3)[c-]ccc12.[Ir]. The van der Waals surface area contributed by atoms with Crippen molar-refractivity contribution in [3.05, 3.63) is 138 Å². The van der Waals surface area contributed by atoms with E-state index in [1.54, 1.807) is 0 Å². The van der Waals surface area contributed by atoms with Crippen molar-refractivity contribution in [1.29, 1.82) is 0 Å². The summed E-state index contributed by atoms with van der Waals surface area (Å²) in [4.78, 5) is 9.43. The van der Waals surface area contributed by atoms with E-state index in [0.29, 0.717) is 5.92 Å². The van der Waals surface area contributed by atoms with Crippen LogP contribution in [0.25, 0.3) is 53.8 Å². The molecule has 5 heteroatoms. The molecule has 53 heavy (non-hydrogen) atoms. The van der Waals surface area contributed by atoms with Gasteiger partial charge in [0.2, 0.25) is 0 Å². The molecule has 3 heterocycles. The Labute approximate surface area is 335 Å². The van der Waals surface area contributed by atoms with Gasteiger partial charge in [-0.3, -0.25) is 0 Å². The maximum absolute atomic E-state index is 4.77. The largest absolute Gasteiger partial charge is 0.305 e. The van der Waals surface area contributed by atoms with E-state index in [1.165, 1.54) is 90.8 Å². The van der Waals surface area contributed by atoms with Crippen LogP contribution in [0.2, 0.25) is 19.6 Å². The van der Waals surface area contributed by atoms with Crippen LogP contribution in [0.5, 0.6) is 0 Å². The molecular formula is C48H50IrN2SSi-2. The summed E-state index contributed by atoms with van der Waals surface area (Å²) < 4.78 is 2.62. The molecule has 1 saturated carbocycles. The van der Waals surface area contributed by atoms with Gasteiger partial charge in [-0.05, 0) is 93.2 Å². The van der Waals surface area contributed by atoms with Crippen molar-refractivity contribution in [1.82, 2.24) is 9.97 Å². The second-order valence-electron chi connectivity index (χ2n) is 15.9. The maximum atomic E-state index is 4.77. The van der Waals surface area contributed by atoms with E-state index in [9.17, 15) is 0 Å².